The molecule has 0 saturated carbocycles. The summed E-state index contributed by atoms with van der Waals surface area (Å²) in [6, 6.07) is 19.5. The summed E-state index contributed by atoms with van der Waals surface area (Å²) in [5.74, 6) is -0.334. The molecule has 1 N–H and O–H groups in total. The molecule has 0 atom stereocenters. The number of rotatable bonds is 12. The number of hydrogen-bond acceptors (Lipinski definition) is 6. The lowest BCUT2D eigenvalue weighted by atomic mass is 9.89. The van der Waals surface area contributed by atoms with E-state index in [4.69, 9.17) is 37.9 Å². The zero-order valence-corrected chi connectivity index (χ0v) is 26.7. The molecule has 7 nitrogen and oxygen atoms in total. The summed E-state index contributed by atoms with van der Waals surface area (Å²) in [5.41, 5.74) is 3.65. The van der Waals surface area contributed by atoms with Gasteiger partial charge in [0, 0.05) is 49.4 Å². The summed E-state index contributed by atoms with van der Waals surface area (Å²) in [6.07, 6.45) is 2.31. The topological polar surface area (TPSA) is 85.9 Å². The number of hydrogen-bond donors (Lipinski definition) is 1. The normalized spacial score (nSPS) is 12.3. The second-order valence-electron chi connectivity index (χ2n) is 11.7. The third kappa shape index (κ3) is 8.90. The Morgan fingerprint density at radius 1 is 1.07 bits per heavy atom. The van der Waals surface area contributed by atoms with Crippen LogP contribution in [0, 0.1) is 5.41 Å². The Labute approximate surface area is 260 Å². The van der Waals surface area contributed by atoms with E-state index in [1.165, 1.54) is 0 Å². The van der Waals surface area contributed by atoms with Crippen LogP contribution in [0.15, 0.2) is 70.7 Å². The molecule has 0 spiro atoms. The predicted octanol–water partition coefficient (Wildman–Crippen LogP) is 8.52. The molecule has 0 fully saturated rings. The van der Waals surface area contributed by atoms with E-state index in [1.807, 2.05) is 54.2 Å². The van der Waals surface area contributed by atoms with Gasteiger partial charge < -0.3 is 19.2 Å². The first-order valence-electron chi connectivity index (χ1n) is 13.5. The highest BCUT2D eigenvalue weighted by Crippen LogP contribution is 2.44. The van der Waals surface area contributed by atoms with Gasteiger partial charge >= 0.3 is 5.97 Å². The number of thioether (sulfide) groups is 1. The third-order valence-electron chi connectivity index (χ3n) is 6.20. The SMILES string of the molecule is CC(C)(/C=N/OCC(=O)O)Cc1c(SC(C)(C)C)c2cc(OCc3cccc(Cl)n3)ccc2n1Cc1ccc(Cl)cc1. The van der Waals surface area contributed by atoms with Gasteiger partial charge in [-0.05, 0) is 54.4 Å². The fourth-order valence-corrected chi connectivity index (χ4v) is 5.93. The number of oxime groups is 1. The van der Waals surface area contributed by atoms with Crippen LogP contribution in [0.3, 0.4) is 0 Å². The van der Waals surface area contributed by atoms with E-state index in [-0.39, 0.29) is 4.75 Å². The maximum absolute atomic E-state index is 10.9. The number of aliphatic carboxylic acids is 1. The molecule has 10 heteroatoms. The lowest BCUT2D eigenvalue weighted by Gasteiger charge is -2.24. The second kappa shape index (κ2) is 13.4. The van der Waals surface area contributed by atoms with E-state index in [1.54, 1.807) is 12.3 Å². The molecule has 0 bridgehead atoms. The Kier molecular flexibility index (Phi) is 10.1. The van der Waals surface area contributed by atoms with Crippen molar-refractivity contribution in [3.8, 4) is 5.75 Å². The third-order valence-corrected chi connectivity index (χ3v) is 7.94. The predicted molar refractivity (Wildman–Crippen MR) is 171 cm³/mol. The van der Waals surface area contributed by atoms with Crippen molar-refractivity contribution in [2.45, 2.75) is 63.8 Å². The van der Waals surface area contributed by atoms with E-state index >= 15 is 0 Å². The van der Waals surface area contributed by atoms with Crippen LogP contribution in [0.1, 0.15) is 51.6 Å². The number of halogens is 2. The van der Waals surface area contributed by atoms with Gasteiger partial charge in [0.25, 0.3) is 0 Å². The minimum atomic E-state index is -1.07. The smallest absolute Gasteiger partial charge is 0.344 e. The molecule has 0 aliphatic heterocycles. The molecular weight excluding hydrogens is 593 g/mol. The zero-order valence-electron chi connectivity index (χ0n) is 24.4. The number of carboxylic acids is 1. The summed E-state index contributed by atoms with van der Waals surface area (Å²) < 4.78 is 8.43. The van der Waals surface area contributed by atoms with Crippen LogP contribution in [0.25, 0.3) is 10.9 Å². The molecule has 2 aromatic heterocycles. The van der Waals surface area contributed by atoms with Crippen LogP contribution >= 0.6 is 35.0 Å². The van der Waals surface area contributed by atoms with E-state index in [0.29, 0.717) is 29.7 Å². The Balaban J connectivity index is 1.79. The lowest BCUT2D eigenvalue weighted by Crippen LogP contribution is -2.21. The number of carboxylic acid groups (broad SMARTS) is 1. The van der Waals surface area contributed by atoms with Crippen molar-refractivity contribution in [1.29, 1.82) is 0 Å². The minimum Gasteiger partial charge on any atom is -0.487 e. The first-order chi connectivity index (χ1) is 19.8. The number of nitrogens with zero attached hydrogens (tertiary/aromatic N) is 3. The number of benzene rings is 2. The number of fused-ring (bicyclic) bond motifs is 1. The van der Waals surface area contributed by atoms with Crippen LogP contribution in [-0.2, 0) is 29.2 Å². The molecule has 4 aromatic rings. The molecule has 0 unspecified atom stereocenters. The van der Waals surface area contributed by atoms with Crippen LogP contribution < -0.4 is 4.74 Å². The van der Waals surface area contributed by atoms with Gasteiger partial charge in [-0.3, -0.25) is 0 Å². The first-order valence-corrected chi connectivity index (χ1v) is 15.1. The number of pyridine rings is 1. The quantitative estimate of drug-likeness (QED) is 0.0733. The number of carbonyl (C=O) groups is 1. The highest BCUT2D eigenvalue weighted by molar-refractivity contribution is 8.00. The zero-order chi connectivity index (χ0) is 30.5. The molecule has 0 radical (unpaired) electrons. The summed E-state index contributed by atoms with van der Waals surface area (Å²) in [5, 5.41) is 15.1. The van der Waals surface area contributed by atoms with Crippen molar-refractivity contribution in [1.82, 2.24) is 9.55 Å². The lowest BCUT2D eigenvalue weighted by molar-refractivity contribution is -0.142. The summed E-state index contributed by atoms with van der Waals surface area (Å²) in [6.45, 7) is 11.2. The molecule has 0 amide bonds. The molecule has 0 aliphatic rings. The van der Waals surface area contributed by atoms with Gasteiger partial charge in [0.1, 0.15) is 17.5 Å². The molecule has 42 heavy (non-hydrogen) atoms. The highest BCUT2D eigenvalue weighted by Gasteiger charge is 2.28. The van der Waals surface area contributed by atoms with Crippen molar-refractivity contribution < 1.29 is 19.5 Å². The van der Waals surface area contributed by atoms with Crippen LogP contribution in [-0.4, -0.2) is 38.2 Å². The molecule has 0 saturated heterocycles. The van der Waals surface area contributed by atoms with Crippen molar-refractivity contribution in [2.24, 2.45) is 10.6 Å². The Hall–Kier alpha value is -3.20. The average Bonchev–Trinajstić information content (AvgIpc) is 3.16. The second-order valence-corrected chi connectivity index (χ2v) is 14.3. The molecule has 0 aliphatic carbocycles. The largest absolute Gasteiger partial charge is 0.487 e. The fourth-order valence-electron chi connectivity index (χ4n) is 4.43. The van der Waals surface area contributed by atoms with E-state index in [9.17, 15) is 4.79 Å². The molecule has 2 heterocycles. The van der Waals surface area contributed by atoms with Gasteiger partial charge in [0.15, 0.2) is 0 Å². The minimum absolute atomic E-state index is 0.0709. The monoisotopic (exact) mass is 627 g/mol. The van der Waals surface area contributed by atoms with Crippen molar-refractivity contribution >= 4 is 58.1 Å². The average molecular weight is 629 g/mol. The first kappa shape index (κ1) is 31.7. The molecule has 2 aromatic carbocycles. The van der Waals surface area contributed by atoms with Gasteiger partial charge in [0.05, 0.1) is 5.69 Å². The van der Waals surface area contributed by atoms with Gasteiger partial charge in [-0.2, -0.15) is 0 Å². The van der Waals surface area contributed by atoms with E-state index < -0.39 is 18.0 Å². The summed E-state index contributed by atoms with van der Waals surface area (Å²) >= 11 is 14.1. The summed E-state index contributed by atoms with van der Waals surface area (Å²) in [4.78, 5) is 21.3. The number of aromatic nitrogens is 2. The van der Waals surface area contributed by atoms with Gasteiger partial charge in [-0.15, -0.1) is 11.8 Å². The maximum atomic E-state index is 10.9. The Morgan fingerprint density at radius 2 is 1.81 bits per heavy atom. The van der Waals surface area contributed by atoms with Gasteiger partial charge in [0.2, 0.25) is 6.61 Å². The molecular formula is C32H35Cl2N3O4S. The van der Waals surface area contributed by atoms with E-state index in [0.717, 1.165) is 38.5 Å². The van der Waals surface area contributed by atoms with E-state index in [2.05, 4.69) is 61.5 Å². The molecule has 4 rings (SSSR count). The summed E-state index contributed by atoms with van der Waals surface area (Å²) in [7, 11) is 0. The van der Waals surface area contributed by atoms with Crippen molar-refractivity contribution in [3.63, 3.8) is 0 Å². The highest BCUT2D eigenvalue weighted by atomic mass is 35.5. The fraction of sp³-hybridized carbons (Fsp3) is 0.344. The van der Waals surface area contributed by atoms with Crippen molar-refractivity contribution in [3.05, 3.63) is 87.8 Å². The van der Waals surface area contributed by atoms with Crippen LogP contribution in [0.2, 0.25) is 10.2 Å². The van der Waals surface area contributed by atoms with Gasteiger partial charge in [-0.25, -0.2) is 9.78 Å². The van der Waals surface area contributed by atoms with Crippen LogP contribution in [0.5, 0.6) is 5.75 Å². The number of ether oxygens (including phenoxy) is 1. The van der Waals surface area contributed by atoms with Gasteiger partial charge in [-0.1, -0.05) is 81.2 Å². The standard InChI is InChI=1S/C32H35Cl2N3O4S/c1-31(2,3)42-30-25-15-24(40-18-23-7-6-8-28(34)36-23)13-14-26(25)37(17-21-9-11-22(33)12-10-21)27(30)16-32(4,5)20-35-41-19-29(38)39/h6-15,20H,16-19H2,1-5H3,(H,38,39)/b35-20+. The van der Waals surface area contributed by atoms with Crippen molar-refractivity contribution in [2.75, 3.05) is 6.61 Å². The maximum Gasteiger partial charge on any atom is 0.344 e. The molecule has 222 valence electrons. The Morgan fingerprint density at radius 3 is 2.48 bits per heavy atom. The Bertz CT molecular complexity index is 1580. The van der Waals surface area contributed by atoms with Crippen LogP contribution in [0.4, 0.5) is 0 Å².